The molecule has 1 fully saturated rings. The Labute approximate surface area is 128 Å². The van der Waals surface area contributed by atoms with Crippen LogP contribution < -0.4 is 4.90 Å². The summed E-state index contributed by atoms with van der Waals surface area (Å²) in [4.78, 5) is 4.94. The minimum absolute atomic E-state index is 0.193. The summed E-state index contributed by atoms with van der Waals surface area (Å²) in [7, 11) is 1.75. The Morgan fingerprint density at radius 1 is 1.10 bits per heavy atom. The lowest BCUT2D eigenvalue weighted by Crippen LogP contribution is -2.49. The minimum Gasteiger partial charge on any atom is -0.382 e. The van der Waals surface area contributed by atoms with Gasteiger partial charge in [-0.15, -0.1) is 0 Å². The molecule has 1 heterocycles. The van der Waals surface area contributed by atoms with Gasteiger partial charge < -0.3 is 14.4 Å². The van der Waals surface area contributed by atoms with Gasteiger partial charge in [0.15, 0.2) is 0 Å². The molecule has 2 rings (SSSR count). The molecule has 0 saturated carbocycles. The summed E-state index contributed by atoms with van der Waals surface area (Å²) in [6.07, 6.45) is 1.25. The molecule has 4 nitrogen and oxygen atoms in total. The highest BCUT2D eigenvalue weighted by Gasteiger charge is 2.20. The van der Waals surface area contributed by atoms with Gasteiger partial charge in [0.2, 0.25) is 0 Å². The van der Waals surface area contributed by atoms with Crippen LogP contribution in [0.1, 0.15) is 13.3 Å². The summed E-state index contributed by atoms with van der Waals surface area (Å²) in [6, 6.07) is 10.7. The van der Waals surface area contributed by atoms with Crippen LogP contribution in [0.3, 0.4) is 0 Å². The Kier molecular flexibility index (Phi) is 7.00. The van der Waals surface area contributed by atoms with Crippen molar-refractivity contribution in [1.29, 1.82) is 0 Å². The van der Waals surface area contributed by atoms with E-state index in [1.165, 1.54) is 5.69 Å². The van der Waals surface area contributed by atoms with Gasteiger partial charge in [-0.3, -0.25) is 4.90 Å². The van der Waals surface area contributed by atoms with Crippen LogP contribution in [0.15, 0.2) is 30.3 Å². The molecule has 1 aromatic carbocycles. The number of nitrogens with zero attached hydrogens (tertiary/aromatic N) is 2. The van der Waals surface area contributed by atoms with E-state index in [2.05, 4.69) is 47.1 Å². The quantitative estimate of drug-likeness (QED) is 0.734. The van der Waals surface area contributed by atoms with Crippen molar-refractivity contribution in [3.05, 3.63) is 30.3 Å². The van der Waals surface area contributed by atoms with Crippen LogP contribution in [-0.4, -0.2) is 64.1 Å². The summed E-state index contributed by atoms with van der Waals surface area (Å²) in [5.41, 5.74) is 1.33. The molecule has 0 spiro atoms. The van der Waals surface area contributed by atoms with Gasteiger partial charge in [0.1, 0.15) is 0 Å². The second-order valence-electron chi connectivity index (χ2n) is 5.57. The summed E-state index contributed by atoms with van der Waals surface area (Å²) in [5, 5.41) is 0. The van der Waals surface area contributed by atoms with E-state index >= 15 is 0 Å². The number of methoxy groups -OCH3 is 1. The van der Waals surface area contributed by atoms with Crippen LogP contribution in [0.5, 0.6) is 0 Å². The van der Waals surface area contributed by atoms with Crippen LogP contribution in [0.4, 0.5) is 5.69 Å². The Bertz CT molecular complexity index is 378. The lowest BCUT2D eigenvalue weighted by molar-refractivity contribution is -0.0208. The molecule has 0 radical (unpaired) electrons. The van der Waals surface area contributed by atoms with Gasteiger partial charge in [0.25, 0.3) is 0 Å². The van der Waals surface area contributed by atoms with E-state index in [0.717, 1.165) is 45.8 Å². The van der Waals surface area contributed by atoms with Crippen molar-refractivity contribution < 1.29 is 9.47 Å². The average molecular weight is 292 g/mol. The van der Waals surface area contributed by atoms with Crippen molar-refractivity contribution >= 4 is 5.69 Å². The number of para-hydroxylation sites is 1. The normalized spacial score (nSPS) is 17.9. The van der Waals surface area contributed by atoms with Crippen LogP contribution in [0, 0.1) is 0 Å². The Balaban J connectivity index is 1.77. The van der Waals surface area contributed by atoms with Crippen molar-refractivity contribution in [3.8, 4) is 0 Å². The Morgan fingerprint density at radius 2 is 1.81 bits per heavy atom. The third-order valence-corrected chi connectivity index (χ3v) is 3.87. The smallest absolute Gasteiger partial charge is 0.0934 e. The van der Waals surface area contributed by atoms with Gasteiger partial charge in [0, 0.05) is 52.1 Å². The van der Waals surface area contributed by atoms with E-state index in [1.807, 2.05) is 0 Å². The molecule has 21 heavy (non-hydrogen) atoms. The number of piperazine rings is 1. The van der Waals surface area contributed by atoms with E-state index in [4.69, 9.17) is 9.47 Å². The molecule has 0 aromatic heterocycles. The molecule has 1 aliphatic rings. The Morgan fingerprint density at radius 3 is 2.43 bits per heavy atom. The Hall–Kier alpha value is -1.10. The van der Waals surface area contributed by atoms with Gasteiger partial charge in [-0.2, -0.15) is 0 Å². The molecule has 1 aliphatic heterocycles. The third-order valence-electron chi connectivity index (χ3n) is 3.87. The highest BCUT2D eigenvalue weighted by atomic mass is 16.5. The molecule has 0 amide bonds. The lowest BCUT2D eigenvalue weighted by atomic mass is 10.2. The third kappa shape index (κ3) is 5.30. The average Bonchev–Trinajstić information content (AvgIpc) is 2.54. The number of rotatable bonds is 8. The van der Waals surface area contributed by atoms with Crippen LogP contribution in [0.25, 0.3) is 0 Å². The van der Waals surface area contributed by atoms with Gasteiger partial charge in [-0.1, -0.05) is 25.1 Å². The van der Waals surface area contributed by atoms with E-state index in [9.17, 15) is 0 Å². The second-order valence-corrected chi connectivity index (χ2v) is 5.57. The van der Waals surface area contributed by atoms with E-state index < -0.39 is 0 Å². The molecule has 118 valence electrons. The van der Waals surface area contributed by atoms with Crippen molar-refractivity contribution in [2.75, 3.05) is 57.9 Å². The number of benzene rings is 1. The lowest BCUT2D eigenvalue weighted by Gasteiger charge is -2.37. The largest absolute Gasteiger partial charge is 0.382 e. The second kappa shape index (κ2) is 9.03. The maximum atomic E-state index is 5.87. The molecule has 0 N–H and O–H groups in total. The number of ether oxygens (including phenoxy) is 2. The first-order chi connectivity index (χ1) is 10.3. The number of hydrogen-bond donors (Lipinski definition) is 0. The van der Waals surface area contributed by atoms with Crippen LogP contribution in [0.2, 0.25) is 0 Å². The topological polar surface area (TPSA) is 24.9 Å². The van der Waals surface area contributed by atoms with E-state index in [0.29, 0.717) is 6.61 Å². The number of anilines is 1. The minimum atomic E-state index is 0.193. The van der Waals surface area contributed by atoms with Crippen molar-refractivity contribution in [2.24, 2.45) is 0 Å². The van der Waals surface area contributed by atoms with Gasteiger partial charge in [-0.25, -0.2) is 0 Å². The van der Waals surface area contributed by atoms with Gasteiger partial charge in [-0.05, 0) is 18.6 Å². The summed E-state index contributed by atoms with van der Waals surface area (Å²) >= 11 is 0. The monoisotopic (exact) mass is 292 g/mol. The van der Waals surface area contributed by atoms with Crippen LogP contribution in [-0.2, 0) is 9.47 Å². The first-order valence-electron chi connectivity index (χ1n) is 7.96. The van der Waals surface area contributed by atoms with Crippen molar-refractivity contribution in [1.82, 2.24) is 4.90 Å². The summed E-state index contributed by atoms with van der Waals surface area (Å²) < 4.78 is 11.1. The zero-order valence-electron chi connectivity index (χ0n) is 13.3. The molecule has 1 aromatic rings. The first kappa shape index (κ1) is 16.3. The summed E-state index contributed by atoms with van der Waals surface area (Å²) in [6.45, 7) is 8.94. The molecule has 0 aliphatic carbocycles. The van der Waals surface area contributed by atoms with Crippen molar-refractivity contribution in [3.63, 3.8) is 0 Å². The van der Waals surface area contributed by atoms with Gasteiger partial charge in [0.05, 0.1) is 12.7 Å². The van der Waals surface area contributed by atoms with Crippen LogP contribution >= 0.6 is 0 Å². The molecule has 4 heteroatoms. The van der Waals surface area contributed by atoms with E-state index in [-0.39, 0.29) is 6.10 Å². The molecular formula is C17H28N2O2. The fourth-order valence-electron chi connectivity index (χ4n) is 2.74. The molecule has 1 saturated heterocycles. The summed E-state index contributed by atoms with van der Waals surface area (Å²) in [5.74, 6) is 0. The van der Waals surface area contributed by atoms with Gasteiger partial charge >= 0.3 is 0 Å². The fourth-order valence-corrected chi connectivity index (χ4v) is 2.74. The molecule has 0 unspecified atom stereocenters. The first-order valence-corrected chi connectivity index (χ1v) is 7.96. The highest BCUT2D eigenvalue weighted by Crippen LogP contribution is 2.15. The molecule has 0 bridgehead atoms. The fraction of sp³-hybridized carbons (Fsp3) is 0.647. The predicted molar refractivity (Wildman–Crippen MR) is 87.0 cm³/mol. The maximum absolute atomic E-state index is 5.87. The zero-order chi connectivity index (χ0) is 14.9. The highest BCUT2D eigenvalue weighted by molar-refractivity contribution is 5.46. The number of hydrogen-bond acceptors (Lipinski definition) is 4. The van der Waals surface area contributed by atoms with Crippen molar-refractivity contribution in [2.45, 2.75) is 19.4 Å². The maximum Gasteiger partial charge on any atom is 0.0934 e. The SMILES string of the molecule is CCCO[C@H](COC)CN1CCN(c2ccccc2)CC1. The predicted octanol–water partition coefficient (Wildman–Crippen LogP) is 2.25. The van der Waals surface area contributed by atoms with E-state index in [1.54, 1.807) is 7.11 Å². The molecular weight excluding hydrogens is 264 g/mol. The zero-order valence-corrected chi connectivity index (χ0v) is 13.3. The molecule has 1 atom stereocenters. The standard InChI is InChI=1S/C17H28N2O2/c1-3-13-21-17(15-20-2)14-18-9-11-19(12-10-18)16-7-5-4-6-8-16/h4-8,17H,3,9-15H2,1-2H3/t17-/m0/s1.